The summed E-state index contributed by atoms with van der Waals surface area (Å²) in [7, 11) is -5.05. The van der Waals surface area contributed by atoms with Gasteiger partial charge in [-0.05, 0) is 25.0 Å². The third-order valence-corrected chi connectivity index (χ3v) is 2.81. The number of benzene rings is 1. The Morgan fingerprint density at radius 3 is 2.76 bits per heavy atom. The molecule has 0 aromatic heterocycles. The third kappa shape index (κ3) is 2.94. The van der Waals surface area contributed by atoms with Crippen LogP contribution in [-0.4, -0.2) is 14.3 Å². The highest BCUT2D eigenvalue weighted by Crippen LogP contribution is 2.31. The van der Waals surface area contributed by atoms with Crippen molar-refractivity contribution in [3.63, 3.8) is 0 Å². The van der Waals surface area contributed by atoms with Gasteiger partial charge in [0.1, 0.15) is 0 Å². The van der Waals surface area contributed by atoms with Crippen LogP contribution in [0.4, 0.5) is 9.57 Å². The maximum Gasteiger partial charge on any atom is 0.488 e. The van der Waals surface area contributed by atoms with Crippen LogP contribution in [0.3, 0.4) is 0 Å². The summed E-state index contributed by atoms with van der Waals surface area (Å²) in [5.74, 6) is -0.226. The van der Waals surface area contributed by atoms with Crippen molar-refractivity contribution < 1.29 is 21.3 Å². The van der Waals surface area contributed by atoms with E-state index in [4.69, 9.17) is 0 Å². The largest absolute Gasteiger partial charge is 0.488 e. The fraction of sp³-hybridized carbons (Fsp3) is 0.300. The SMILES string of the molecule is O=C1CCCc2c(cccc2OS(=O)(=O)F)N1. The second-order valence-corrected chi connectivity index (χ2v) is 4.61. The van der Waals surface area contributed by atoms with Crippen molar-refractivity contribution in [1.82, 2.24) is 0 Å². The second-order valence-electron chi connectivity index (χ2n) is 3.66. The maximum absolute atomic E-state index is 12.5. The highest BCUT2D eigenvalue weighted by atomic mass is 32.3. The highest BCUT2D eigenvalue weighted by molar-refractivity contribution is 7.81. The molecule has 1 aliphatic heterocycles. The average Bonchev–Trinajstić information content (AvgIpc) is 2.37. The molecule has 7 heteroatoms. The van der Waals surface area contributed by atoms with Crippen molar-refractivity contribution in [2.75, 3.05) is 5.32 Å². The van der Waals surface area contributed by atoms with Gasteiger partial charge in [0.15, 0.2) is 5.75 Å². The lowest BCUT2D eigenvalue weighted by Crippen LogP contribution is -2.09. The van der Waals surface area contributed by atoms with E-state index in [1.165, 1.54) is 12.1 Å². The number of hydrogen-bond donors (Lipinski definition) is 1. The number of rotatable bonds is 2. The molecule has 1 N–H and O–H groups in total. The van der Waals surface area contributed by atoms with Crippen LogP contribution in [0.2, 0.25) is 0 Å². The minimum absolute atomic E-state index is 0.0767. The average molecular weight is 259 g/mol. The van der Waals surface area contributed by atoms with Crippen molar-refractivity contribution in [3.8, 4) is 5.75 Å². The monoisotopic (exact) mass is 259 g/mol. The van der Waals surface area contributed by atoms with Crippen LogP contribution in [-0.2, 0) is 21.7 Å². The van der Waals surface area contributed by atoms with Crippen LogP contribution in [0.15, 0.2) is 18.2 Å². The number of anilines is 1. The summed E-state index contributed by atoms with van der Waals surface area (Å²) in [5, 5.41) is 2.61. The van der Waals surface area contributed by atoms with Gasteiger partial charge in [0.25, 0.3) is 0 Å². The van der Waals surface area contributed by atoms with Crippen LogP contribution in [0.1, 0.15) is 18.4 Å². The lowest BCUT2D eigenvalue weighted by atomic mass is 10.1. The minimum atomic E-state index is -5.05. The van der Waals surface area contributed by atoms with E-state index in [1.54, 1.807) is 6.07 Å². The minimum Gasteiger partial charge on any atom is -0.358 e. The molecule has 92 valence electrons. The van der Waals surface area contributed by atoms with E-state index >= 15 is 0 Å². The Kier molecular flexibility index (Phi) is 3.01. The predicted octanol–water partition coefficient (Wildman–Crippen LogP) is 1.55. The molecule has 1 aromatic carbocycles. The first kappa shape index (κ1) is 11.8. The van der Waals surface area contributed by atoms with Crippen molar-refractivity contribution in [3.05, 3.63) is 23.8 Å². The summed E-state index contributed by atoms with van der Waals surface area (Å²) < 4.78 is 37.7. The van der Waals surface area contributed by atoms with E-state index in [0.717, 1.165) is 0 Å². The summed E-state index contributed by atoms with van der Waals surface area (Å²) in [6.45, 7) is 0. The lowest BCUT2D eigenvalue weighted by molar-refractivity contribution is -0.116. The van der Waals surface area contributed by atoms with Crippen LogP contribution < -0.4 is 9.50 Å². The molecule has 0 saturated carbocycles. The summed E-state index contributed by atoms with van der Waals surface area (Å²) in [5.41, 5.74) is 0.966. The summed E-state index contributed by atoms with van der Waals surface area (Å²) in [6.07, 6.45) is 1.36. The zero-order valence-corrected chi connectivity index (χ0v) is 9.59. The maximum atomic E-state index is 12.5. The first-order chi connectivity index (χ1) is 7.96. The van der Waals surface area contributed by atoms with Crippen molar-refractivity contribution in [2.45, 2.75) is 19.3 Å². The molecule has 1 aliphatic rings. The molecule has 17 heavy (non-hydrogen) atoms. The molecular weight excluding hydrogens is 249 g/mol. The van der Waals surface area contributed by atoms with E-state index < -0.39 is 10.5 Å². The van der Waals surface area contributed by atoms with Crippen molar-refractivity contribution >= 4 is 22.1 Å². The number of hydrogen-bond acceptors (Lipinski definition) is 4. The van der Waals surface area contributed by atoms with Crippen molar-refractivity contribution in [2.24, 2.45) is 0 Å². The summed E-state index contributed by atoms with van der Waals surface area (Å²) >= 11 is 0. The molecule has 0 saturated heterocycles. The van der Waals surface area contributed by atoms with Crippen LogP contribution in [0, 0.1) is 0 Å². The Morgan fingerprint density at radius 2 is 2.06 bits per heavy atom. The third-order valence-electron chi connectivity index (χ3n) is 2.43. The second kappa shape index (κ2) is 4.33. The number of amides is 1. The Hall–Kier alpha value is -1.63. The molecule has 0 bridgehead atoms. The molecule has 0 spiro atoms. The molecule has 1 aromatic rings. The first-order valence-corrected chi connectivity index (χ1v) is 6.32. The van der Waals surface area contributed by atoms with Crippen molar-refractivity contribution in [1.29, 1.82) is 0 Å². The summed E-state index contributed by atoms with van der Waals surface area (Å²) in [6, 6.07) is 4.47. The molecule has 2 rings (SSSR count). The molecule has 0 radical (unpaired) electrons. The van der Waals surface area contributed by atoms with E-state index in [-0.39, 0.29) is 11.7 Å². The van der Waals surface area contributed by atoms with E-state index in [1.807, 2.05) is 0 Å². The molecule has 0 fully saturated rings. The standard InChI is InChI=1S/C10H10FNO4S/c11-17(14,15)16-9-5-2-4-8-7(9)3-1-6-10(13)12-8/h2,4-5H,1,3,6H2,(H,12,13). The molecule has 5 nitrogen and oxygen atoms in total. The normalized spacial score (nSPS) is 15.7. The topological polar surface area (TPSA) is 72.5 Å². The Bertz CT molecular complexity index is 555. The van der Waals surface area contributed by atoms with E-state index in [9.17, 15) is 17.1 Å². The van der Waals surface area contributed by atoms with Gasteiger partial charge in [0.05, 0.1) is 0 Å². The fourth-order valence-corrected chi connectivity index (χ4v) is 2.13. The number of carbonyl (C=O) groups is 1. The number of halogens is 1. The van der Waals surface area contributed by atoms with Gasteiger partial charge < -0.3 is 9.50 Å². The predicted molar refractivity (Wildman–Crippen MR) is 58.7 cm³/mol. The van der Waals surface area contributed by atoms with E-state index in [2.05, 4.69) is 9.50 Å². The van der Waals surface area contributed by atoms with E-state index in [0.29, 0.717) is 30.5 Å². The Labute approximate surface area is 98.0 Å². The van der Waals surface area contributed by atoms with Gasteiger partial charge in [0, 0.05) is 17.7 Å². The highest BCUT2D eigenvalue weighted by Gasteiger charge is 2.19. The van der Waals surface area contributed by atoms with Gasteiger partial charge in [-0.15, -0.1) is 0 Å². The first-order valence-electron chi connectivity index (χ1n) is 5.01. The zero-order chi connectivity index (χ0) is 12.5. The molecule has 0 atom stereocenters. The Balaban J connectivity index is 2.42. The van der Waals surface area contributed by atoms with Gasteiger partial charge in [-0.3, -0.25) is 4.79 Å². The number of fused-ring (bicyclic) bond motifs is 1. The fourth-order valence-electron chi connectivity index (χ4n) is 1.76. The van der Waals surface area contributed by atoms with Gasteiger partial charge in [-0.1, -0.05) is 9.95 Å². The molecular formula is C10H10FNO4S. The Morgan fingerprint density at radius 1 is 1.29 bits per heavy atom. The van der Waals surface area contributed by atoms with Gasteiger partial charge in [-0.25, -0.2) is 0 Å². The van der Waals surface area contributed by atoms with Crippen LogP contribution in [0.5, 0.6) is 5.75 Å². The number of carbonyl (C=O) groups excluding carboxylic acids is 1. The molecule has 0 aliphatic carbocycles. The lowest BCUT2D eigenvalue weighted by Gasteiger charge is -2.10. The van der Waals surface area contributed by atoms with Crippen LogP contribution in [0.25, 0.3) is 0 Å². The summed E-state index contributed by atoms with van der Waals surface area (Å²) in [4.78, 5) is 11.3. The van der Waals surface area contributed by atoms with Gasteiger partial charge in [0.2, 0.25) is 5.91 Å². The van der Waals surface area contributed by atoms with Crippen LogP contribution >= 0.6 is 0 Å². The smallest absolute Gasteiger partial charge is 0.358 e. The molecule has 1 amide bonds. The molecule has 0 unspecified atom stereocenters. The quantitative estimate of drug-likeness (QED) is 0.818. The van der Waals surface area contributed by atoms with Gasteiger partial charge >= 0.3 is 10.5 Å². The van der Waals surface area contributed by atoms with Gasteiger partial charge in [-0.2, -0.15) is 8.42 Å². The number of nitrogens with one attached hydrogen (secondary N) is 1. The molecule has 1 heterocycles. The zero-order valence-electron chi connectivity index (χ0n) is 8.77.